The fourth-order valence-corrected chi connectivity index (χ4v) is 5.19. The lowest BCUT2D eigenvalue weighted by Gasteiger charge is -2.26. The molecule has 0 bridgehead atoms. The van der Waals surface area contributed by atoms with Crippen LogP contribution in [0.4, 0.5) is 15.9 Å². The summed E-state index contributed by atoms with van der Waals surface area (Å²) < 4.78 is 16.5. The Morgan fingerprint density at radius 3 is 2.81 bits per heavy atom. The molecule has 0 radical (unpaired) electrons. The van der Waals surface area contributed by atoms with Crippen LogP contribution in [-0.4, -0.2) is 45.4 Å². The van der Waals surface area contributed by atoms with Crippen LogP contribution in [0.2, 0.25) is 0 Å². The first-order valence-corrected chi connectivity index (χ1v) is 11.3. The minimum absolute atomic E-state index is 0.0133. The molecule has 4 aromatic rings. The average molecular weight is 432 g/mol. The smallest absolute Gasteiger partial charge is 0.165 e. The number of aryl methyl sites for hydroxylation is 1. The van der Waals surface area contributed by atoms with E-state index in [1.165, 1.54) is 0 Å². The van der Waals surface area contributed by atoms with E-state index >= 15 is 0 Å². The van der Waals surface area contributed by atoms with Gasteiger partial charge in [-0.05, 0) is 56.5 Å². The van der Waals surface area contributed by atoms with Gasteiger partial charge in [0, 0.05) is 42.5 Å². The number of aliphatic hydroxyl groups excluding tert-OH is 1. The van der Waals surface area contributed by atoms with Crippen LogP contribution in [0.15, 0.2) is 48.7 Å². The number of aliphatic hydroxyl groups is 1. The highest BCUT2D eigenvalue weighted by molar-refractivity contribution is 5.94. The monoisotopic (exact) mass is 431 g/mol. The van der Waals surface area contributed by atoms with E-state index in [-0.39, 0.29) is 18.0 Å². The molecule has 2 aromatic heterocycles. The summed E-state index contributed by atoms with van der Waals surface area (Å²) in [6.07, 6.45) is 4.38. The van der Waals surface area contributed by atoms with Crippen LogP contribution in [0.25, 0.3) is 16.6 Å². The molecule has 2 fully saturated rings. The Hall–Kier alpha value is -3.19. The maximum atomic E-state index is 14.7. The fraction of sp³-hybridized carbons (Fsp3) is 0.360. The highest BCUT2D eigenvalue weighted by Gasteiger charge is 2.30. The van der Waals surface area contributed by atoms with Crippen molar-refractivity contribution in [3.63, 3.8) is 0 Å². The zero-order valence-corrected chi connectivity index (χ0v) is 18.1. The number of benzene rings is 2. The molecule has 1 N–H and O–H groups in total. The number of aromatic nitrogens is 3. The van der Waals surface area contributed by atoms with E-state index in [2.05, 4.69) is 27.0 Å². The molecule has 2 saturated heterocycles. The van der Waals surface area contributed by atoms with Crippen LogP contribution in [0.5, 0.6) is 0 Å². The Kier molecular flexibility index (Phi) is 4.54. The third-order valence-corrected chi connectivity index (χ3v) is 6.82. The van der Waals surface area contributed by atoms with E-state index in [4.69, 9.17) is 4.98 Å². The lowest BCUT2D eigenvalue weighted by molar-refractivity contribution is 0.198. The summed E-state index contributed by atoms with van der Waals surface area (Å²) in [5.41, 5.74) is 4.59. The van der Waals surface area contributed by atoms with Crippen molar-refractivity contribution in [1.29, 1.82) is 0 Å². The Labute approximate surface area is 185 Å². The first kappa shape index (κ1) is 19.5. The lowest BCUT2D eigenvalue weighted by Crippen LogP contribution is -2.24. The van der Waals surface area contributed by atoms with Crippen LogP contribution in [0.3, 0.4) is 0 Å². The molecule has 0 amide bonds. The molecule has 2 atom stereocenters. The maximum absolute atomic E-state index is 14.7. The molecule has 2 aliphatic heterocycles. The molecule has 0 spiro atoms. The van der Waals surface area contributed by atoms with Crippen molar-refractivity contribution in [3.8, 4) is 0 Å². The van der Waals surface area contributed by atoms with Gasteiger partial charge in [0.05, 0.1) is 17.7 Å². The van der Waals surface area contributed by atoms with E-state index in [0.717, 1.165) is 71.5 Å². The molecule has 2 aromatic carbocycles. The van der Waals surface area contributed by atoms with Crippen LogP contribution >= 0.6 is 0 Å². The third-order valence-electron chi connectivity index (χ3n) is 6.82. The van der Waals surface area contributed by atoms with E-state index < -0.39 is 0 Å². The highest BCUT2D eigenvalue weighted by atomic mass is 19.1. The number of fused-ring (bicyclic) bond motifs is 3. The number of rotatable bonds is 3. The summed E-state index contributed by atoms with van der Waals surface area (Å²) in [6.45, 7) is 4.36. The number of halogens is 1. The van der Waals surface area contributed by atoms with E-state index in [1.54, 1.807) is 6.07 Å². The zero-order chi connectivity index (χ0) is 21.8. The minimum atomic E-state index is -0.270. The number of hydrogen-bond donors (Lipinski definition) is 1. The van der Waals surface area contributed by atoms with Gasteiger partial charge in [-0.2, -0.15) is 5.10 Å². The second-order valence-corrected chi connectivity index (χ2v) is 9.02. The normalized spacial score (nSPS) is 21.3. The average Bonchev–Trinajstić information content (AvgIpc) is 3.52. The molecule has 0 saturated carbocycles. The third kappa shape index (κ3) is 3.19. The van der Waals surface area contributed by atoms with Gasteiger partial charge in [-0.1, -0.05) is 17.7 Å². The van der Waals surface area contributed by atoms with Gasteiger partial charge in [-0.3, -0.25) is 0 Å². The van der Waals surface area contributed by atoms with Crippen molar-refractivity contribution in [1.82, 2.24) is 14.6 Å². The van der Waals surface area contributed by atoms with Crippen LogP contribution in [0.1, 0.15) is 36.4 Å². The van der Waals surface area contributed by atoms with Crippen LogP contribution < -0.4 is 9.80 Å². The number of anilines is 2. The zero-order valence-electron chi connectivity index (χ0n) is 18.1. The molecule has 164 valence electrons. The molecule has 6 rings (SSSR count). The van der Waals surface area contributed by atoms with Crippen molar-refractivity contribution in [2.75, 3.05) is 29.4 Å². The number of β-amino-alcohol motifs (C(OH)–C–C–N with tert-alkyl or cyclic N) is 1. The molecule has 2 unspecified atom stereocenters. The summed E-state index contributed by atoms with van der Waals surface area (Å²) in [7, 11) is 0. The van der Waals surface area contributed by atoms with Crippen LogP contribution in [-0.2, 0) is 0 Å². The summed E-state index contributed by atoms with van der Waals surface area (Å²) in [5, 5.41) is 15.6. The Morgan fingerprint density at radius 2 is 1.97 bits per heavy atom. The first-order chi connectivity index (χ1) is 15.6. The second-order valence-electron chi connectivity index (χ2n) is 9.02. The van der Waals surface area contributed by atoms with Gasteiger partial charge in [-0.15, -0.1) is 0 Å². The van der Waals surface area contributed by atoms with Crippen molar-refractivity contribution in [2.45, 2.75) is 38.3 Å². The van der Waals surface area contributed by atoms with Crippen molar-refractivity contribution >= 4 is 28.1 Å². The molecular weight excluding hydrogens is 405 g/mol. The number of hydrogen-bond acceptors (Lipinski definition) is 5. The second kappa shape index (κ2) is 7.45. The van der Waals surface area contributed by atoms with E-state index in [0.29, 0.717) is 6.54 Å². The van der Waals surface area contributed by atoms with Crippen molar-refractivity contribution in [3.05, 3.63) is 65.6 Å². The molecule has 7 heteroatoms. The minimum Gasteiger partial charge on any atom is -0.391 e. The van der Waals surface area contributed by atoms with Gasteiger partial charge in [0.2, 0.25) is 0 Å². The van der Waals surface area contributed by atoms with E-state index in [1.807, 2.05) is 41.9 Å². The molecule has 0 aliphatic carbocycles. The highest BCUT2D eigenvalue weighted by Crippen LogP contribution is 2.37. The van der Waals surface area contributed by atoms with Crippen molar-refractivity contribution in [2.24, 2.45) is 0 Å². The Morgan fingerprint density at radius 1 is 1.06 bits per heavy atom. The largest absolute Gasteiger partial charge is 0.391 e. The molecule has 32 heavy (non-hydrogen) atoms. The number of nitrogens with zero attached hydrogens (tertiary/aromatic N) is 5. The molecule has 4 heterocycles. The Balaban J connectivity index is 1.41. The van der Waals surface area contributed by atoms with Crippen molar-refractivity contribution < 1.29 is 9.50 Å². The fourth-order valence-electron chi connectivity index (χ4n) is 5.19. The summed E-state index contributed by atoms with van der Waals surface area (Å²) in [6, 6.07) is 13.5. The van der Waals surface area contributed by atoms with Crippen LogP contribution in [0, 0.1) is 12.7 Å². The van der Waals surface area contributed by atoms with Gasteiger partial charge in [0.1, 0.15) is 11.6 Å². The maximum Gasteiger partial charge on any atom is 0.165 e. The summed E-state index contributed by atoms with van der Waals surface area (Å²) in [5.74, 6) is 0.700. The van der Waals surface area contributed by atoms with Gasteiger partial charge in [0.15, 0.2) is 5.65 Å². The Bertz CT molecular complexity index is 1320. The SMILES string of the molecule is Cc1ccc(F)c(C2CCCN2c2ccn3nc4ccc(N5CCC(O)C5)cc4c3n2)c1. The summed E-state index contributed by atoms with van der Waals surface area (Å²) >= 11 is 0. The topological polar surface area (TPSA) is 56.9 Å². The molecular formula is C25H26FN5O. The predicted molar refractivity (Wildman–Crippen MR) is 124 cm³/mol. The standard InChI is InChI=1S/C25H26FN5O/c1-16-4-6-21(26)19(13-16)23-3-2-10-30(23)24-9-12-31-25(27-24)20-14-17(5-7-22(20)28-31)29-11-8-18(32)15-29/h4-7,9,12-14,18,23,32H,2-3,8,10-11,15H2,1H3. The first-order valence-electron chi connectivity index (χ1n) is 11.3. The lowest BCUT2D eigenvalue weighted by atomic mass is 10.0. The van der Waals surface area contributed by atoms with Gasteiger partial charge < -0.3 is 14.9 Å². The molecule has 6 nitrogen and oxygen atoms in total. The van der Waals surface area contributed by atoms with E-state index in [9.17, 15) is 9.50 Å². The predicted octanol–water partition coefficient (Wildman–Crippen LogP) is 4.24. The quantitative estimate of drug-likeness (QED) is 0.526. The molecule has 2 aliphatic rings. The summed E-state index contributed by atoms with van der Waals surface area (Å²) in [4.78, 5) is 9.41. The van der Waals surface area contributed by atoms with Gasteiger partial charge in [-0.25, -0.2) is 13.9 Å². The van der Waals surface area contributed by atoms with Gasteiger partial charge in [0.25, 0.3) is 0 Å². The van der Waals surface area contributed by atoms with Gasteiger partial charge >= 0.3 is 0 Å².